The Labute approximate surface area is 99.0 Å². The van der Waals surface area contributed by atoms with Gasteiger partial charge in [-0.1, -0.05) is 43.9 Å². The zero-order valence-electron chi connectivity index (χ0n) is 11.0. The van der Waals surface area contributed by atoms with Crippen molar-refractivity contribution in [3.05, 3.63) is 0 Å². The van der Waals surface area contributed by atoms with Crippen molar-refractivity contribution in [2.75, 3.05) is 0 Å². The molecule has 0 aromatic rings. The number of hydrogen-bond acceptors (Lipinski definition) is 4. The van der Waals surface area contributed by atoms with Gasteiger partial charge in [-0.3, -0.25) is 0 Å². The molecular formula is C12H26N2O2. The minimum atomic E-state index is 0.826. The average molecular weight is 230 g/mol. The summed E-state index contributed by atoms with van der Waals surface area (Å²) in [6.45, 7) is 8.01. The van der Waals surface area contributed by atoms with Gasteiger partial charge >= 0.3 is 0 Å². The molecule has 0 aliphatic heterocycles. The van der Waals surface area contributed by atoms with E-state index in [1.54, 1.807) is 0 Å². The highest BCUT2D eigenvalue weighted by Gasteiger charge is 1.91. The Morgan fingerprint density at radius 3 is 1.81 bits per heavy atom. The van der Waals surface area contributed by atoms with Gasteiger partial charge in [0.2, 0.25) is 0 Å². The quantitative estimate of drug-likeness (QED) is 0.410. The van der Waals surface area contributed by atoms with Crippen LogP contribution in [-0.4, -0.2) is 21.8 Å². The van der Waals surface area contributed by atoms with Gasteiger partial charge in [0.25, 0.3) is 0 Å². The highest BCUT2D eigenvalue weighted by molar-refractivity contribution is 5.83. The van der Waals surface area contributed by atoms with Crippen LogP contribution in [0.5, 0.6) is 0 Å². The number of nitrogens with zero attached hydrogens (tertiary/aromatic N) is 2. The third kappa shape index (κ3) is 12.9. The number of rotatable bonds is 6. The van der Waals surface area contributed by atoms with E-state index in [0.717, 1.165) is 49.9 Å². The van der Waals surface area contributed by atoms with Crippen LogP contribution in [0.2, 0.25) is 0 Å². The maximum atomic E-state index is 8.25. The Kier molecular flexibility index (Phi) is 15.1. The van der Waals surface area contributed by atoms with E-state index >= 15 is 0 Å². The third-order valence-corrected chi connectivity index (χ3v) is 2.15. The van der Waals surface area contributed by atoms with Crippen LogP contribution in [0.4, 0.5) is 0 Å². The van der Waals surface area contributed by atoms with Crippen molar-refractivity contribution in [1.82, 2.24) is 0 Å². The summed E-state index contributed by atoms with van der Waals surface area (Å²) in [5, 5.41) is 22.6. The summed E-state index contributed by atoms with van der Waals surface area (Å²) in [7, 11) is 0. The molecule has 0 bridgehead atoms. The first-order chi connectivity index (χ1) is 7.65. The van der Waals surface area contributed by atoms with E-state index in [4.69, 9.17) is 10.4 Å². The maximum absolute atomic E-state index is 8.25. The van der Waals surface area contributed by atoms with E-state index in [1.807, 2.05) is 13.8 Å². The Morgan fingerprint density at radius 1 is 0.938 bits per heavy atom. The van der Waals surface area contributed by atoms with Gasteiger partial charge in [-0.05, 0) is 32.6 Å². The lowest BCUT2D eigenvalue weighted by molar-refractivity contribution is 0.316. The second-order valence-electron chi connectivity index (χ2n) is 3.71. The molecule has 16 heavy (non-hydrogen) atoms. The van der Waals surface area contributed by atoms with E-state index in [-0.39, 0.29) is 0 Å². The lowest BCUT2D eigenvalue weighted by Crippen LogP contribution is -1.93. The van der Waals surface area contributed by atoms with Gasteiger partial charge in [0.05, 0.1) is 11.4 Å². The summed E-state index contributed by atoms with van der Waals surface area (Å²) < 4.78 is 0. The Hall–Kier alpha value is -1.06. The molecule has 0 fully saturated rings. The van der Waals surface area contributed by atoms with E-state index in [9.17, 15) is 0 Å². The minimum absolute atomic E-state index is 0.826. The van der Waals surface area contributed by atoms with Crippen molar-refractivity contribution in [2.24, 2.45) is 10.3 Å². The largest absolute Gasteiger partial charge is 0.411 e. The van der Waals surface area contributed by atoms with Crippen LogP contribution in [0.15, 0.2) is 10.3 Å². The van der Waals surface area contributed by atoms with Crippen molar-refractivity contribution in [3.8, 4) is 0 Å². The summed E-state index contributed by atoms with van der Waals surface area (Å²) in [6, 6.07) is 0. The molecule has 4 nitrogen and oxygen atoms in total. The van der Waals surface area contributed by atoms with Crippen LogP contribution in [-0.2, 0) is 0 Å². The molecule has 0 aliphatic rings. The fraction of sp³-hybridized carbons (Fsp3) is 0.833. The van der Waals surface area contributed by atoms with E-state index in [2.05, 4.69) is 24.2 Å². The standard InChI is InChI=1S/2C6H13NO/c1-3-4-5-6(2)7-8;1-3-5-6(4-2)7-8/h2*8H,3-5H2,1-2H3. The van der Waals surface area contributed by atoms with Crippen LogP contribution in [0, 0.1) is 0 Å². The van der Waals surface area contributed by atoms with Crippen molar-refractivity contribution in [2.45, 2.75) is 66.2 Å². The van der Waals surface area contributed by atoms with Crippen molar-refractivity contribution in [1.29, 1.82) is 0 Å². The molecule has 4 heteroatoms. The zero-order valence-corrected chi connectivity index (χ0v) is 11.0. The number of hydrogen-bond donors (Lipinski definition) is 2. The summed E-state index contributed by atoms with van der Waals surface area (Å²) in [6.07, 6.45) is 6.06. The molecule has 0 aliphatic carbocycles. The minimum Gasteiger partial charge on any atom is -0.411 e. The van der Waals surface area contributed by atoms with Crippen LogP contribution in [0.1, 0.15) is 66.2 Å². The SMILES string of the molecule is CCCC(CC)=NO.CCCCC(C)=NO. The van der Waals surface area contributed by atoms with Crippen LogP contribution in [0.25, 0.3) is 0 Å². The maximum Gasteiger partial charge on any atom is 0.0568 e. The summed E-state index contributed by atoms with van der Waals surface area (Å²) in [5.41, 5.74) is 1.72. The normalized spacial score (nSPS) is 12.0. The Morgan fingerprint density at radius 2 is 1.56 bits per heavy atom. The number of oxime groups is 2. The molecule has 0 atom stereocenters. The van der Waals surface area contributed by atoms with Crippen LogP contribution >= 0.6 is 0 Å². The smallest absolute Gasteiger partial charge is 0.0568 e. The predicted octanol–water partition coefficient (Wildman–Crippen LogP) is 4.05. The molecule has 0 unspecified atom stereocenters. The predicted molar refractivity (Wildman–Crippen MR) is 68.8 cm³/mol. The molecule has 0 amide bonds. The van der Waals surface area contributed by atoms with Gasteiger partial charge in [0.1, 0.15) is 0 Å². The molecule has 0 radical (unpaired) electrons. The van der Waals surface area contributed by atoms with Crippen molar-refractivity contribution < 1.29 is 10.4 Å². The fourth-order valence-electron chi connectivity index (χ4n) is 1.07. The molecule has 0 aromatic carbocycles. The van der Waals surface area contributed by atoms with Gasteiger partial charge in [-0.15, -0.1) is 0 Å². The van der Waals surface area contributed by atoms with Gasteiger partial charge in [0.15, 0.2) is 0 Å². The van der Waals surface area contributed by atoms with E-state index < -0.39 is 0 Å². The first-order valence-electron chi connectivity index (χ1n) is 6.03. The molecule has 2 N–H and O–H groups in total. The highest BCUT2D eigenvalue weighted by atomic mass is 16.4. The molecule has 96 valence electrons. The van der Waals surface area contributed by atoms with Crippen molar-refractivity contribution in [3.63, 3.8) is 0 Å². The molecule has 0 spiro atoms. The molecule has 0 saturated carbocycles. The third-order valence-electron chi connectivity index (χ3n) is 2.15. The second-order valence-corrected chi connectivity index (χ2v) is 3.71. The van der Waals surface area contributed by atoms with Crippen LogP contribution < -0.4 is 0 Å². The fourth-order valence-corrected chi connectivity index (χ4v) is 1.07. The molecule has 0 heterocycles. The summed E-state index contributed by atoms with van der Waals surface area (Å²) >= 11 is 0. The van der Waals surface area contributed by atoms with Gasteiger partial charge in [-0.25, -0.2) is 0 Å². The topological polar surface area (TPSA) is 65.2 Å². The first kappa shape index (κ1) is 17.3. The lowest BCUT2D eigenvalue weighted by Gasteiger charge is -1.93. The summed E-state index contributed by atoms with van der Waals surface area (Å²) in [4.78, 5) is 0. The molecule has 0 aromatic heterocycles. The molecule has 0 saturated heterocycles. The van der Waals surface area contributed by atoms with Gasteiger partial charge in [-0.2, -0.15) is 0 Å². The van der Waals surface area contributed by atoms with E-state index in [0.29, 0.717) is 0 Å². The average Bonchev–Trinajstić information content (AvgIpc) is 2.33. The van der Waals surface area contributed by atoms with Crippen molar-refractivity contribution >= 4 is 11.4 Å². The monoisotopic (exact) mass is 230 g/mol. The second kappa shape index (κ2) is 13.9. The number of unbranched alkanes of at least 4 members (excludes halogenated alkanes) is 1. The lowest BCUT2D eigenvalue weighted by atomic mass is 10.2. The first-order valence-corrected chi connectivity index (χ1v) is 6.03. The molecule has 0 rings (SSSR count). The van der Waals surface area contributed by atoms with Gasteiger partial charge in [0, 0.05) is 0 Å². The van der Waals surface area contributed by atoms with E-state index in [1.165, 1.54) is 0 Å². The molecular weight excluding hydrogens is 204 g/mol. The highest BCUT2D eigenvalue weighted by Crippen LogP contribution is 1.95. The van der Waals surface area contributed by atoms with Gasteiger partial charge < -0.3 is 10.4 Å². The zero-order chi connectivity index (χ0) is 12.8. The van der Waals surface area contributed by atoms with Crippen LogP contribution in [0.3, 0.4) is 0 Å². The Bertz CT molecular complexity index is 201. The summed E-state index contributed by atoms with van der Waals surface area (Å²) in [5.74, 6) is 0. The Balaban J connectivity index is 0.